The molecule has 0 atom stereocenters. The van der Waals surface area contributed by atoms with Crippen LogP contribution in [0.2, 0.25) is 5.02 Å². The van der Waals surface area contributed by atoms with Gasteiger partial charge < -0.3 is 20.5 Å². The van der Waals surface area contributed by atoms with Crippen LogP contribution in [0.5, 0.6) is 0 Å². The average Bonchev–Trinajstić information content (AvgIpc) is 2.54. The minimum absolute atomic E-state index is 0.0487. The Labute approximate surface area is 156 Å². The number of carbonyl (C=O) groups is 3. The van der Waals surface area contributed by atoms with E-state index < -0.39 is 17.3 Å². The molecule has 2 aromatic carbocycles. The largest absolute Gasteiger partial charge is 0.545 e. The lowest BCUT2D eigenvalue weighted by molar-refractivity contribution is -0.254. The Balaban J connectivity index is 2.15. The van der Waals surface area contributed by atoms with E-state index >= 15 is 0 Å². The Morgan fingerprint density at radius 2 is 1.58 bits per heavy atom. The Hall–Kier alpha value is -2.86. The minimum atomic E-state index is -1.42. The van der Waals surface area contributed by atoms with Crippen molar-refractivity contribution in [3.63, 3.8) is 0 Å². The Kier molecular flexibility index (Phi) is 5.67. The number of anilines is 2. The third kappa shape index (κ3) is 4.83. The van der Waals surface area contributed by atoms with Gasteiger partial charge in [0.1, 0.15) is 0 Å². The third-order valence-electron chi connectivity index (χ3n) is 3.54. The number of carboxylic acid groups (broad SMARTS) is 1. The molecule has 2 amide bonds. The van der Waals surface area contributed by atoms with Crippen molar-refractivity contribution in [2.24, 2.45) is 5.41 Å². The summed E-state index contributed by atoms with van der Waals surface area (Å²) in [4.78, 5) is 35.4. The minimum Gasteiger partial charge on any atom is -0.545 e. The number of carboxylic acids is 1. The van der Waals surface area contributed by atoms with Gasteiger partial charge in [-0.3, -0.25) is 9.59 Å². The molecule has 0 saturated carbocycles. The highest BCUT2D eigenvalue weighted by atomic mass is 35.5. The van der Waals surface area contributed by atoms with E-state index in [0.29, 0.717) is 11.3 Å². The van der Waals surface area contributed by atoms with Crippen molar-refractivity contribution >= 4 is 40.8 Å². The van der Waals surface area contributed by atoms with Crippen LogP contribution in [-0.2, 0) is 4.79 Å². The second-order valence-corrected chi connectivity index (χ2v) is 7.15. The topological polar surface area (TPSA) is 98.3 Å². The first kappa shape index (κ1) is 19.5. The SMILES string of the molecule is CC(C)(C)C(=O)Nc1ccc(C(=O)Nc2cc(Cl)ccc2C(=O)[O-])cc1. The fraction of sp³-hybridized carbons (Fsp3) is 0.211. The molecule has 0 aromatic heterocycles. The van der Waals surface area contributed by atoms with E-state index in [2.05, 4.69) is 10.6 Å². The maximum Gasteiger partial charge on any atom is 0.255 e. The lowest BCUT2D eigenvalue weighted by Gasteiger charge is -2.17. The zero-order chi connectivity index (χ0) is 19.5. The standard InChI is InChI=1S/C19H19ClN2O4/c1-19(2,3)18(26)21-13-7-4-11(5-8-13)16(23)22-15-10-12(20)6-9-14(15)17(24)25/h4-10H,1-3H3,(H,21,26)(H,22,23)(H,24,25)/p-1. The molecule has 6 nitrogen and oxygen atoms in total. The summed E-state index contributed by atoms with van der Waals surface area (Å²) in [6, 6.07) is 10.2. The third-order valence-corrected chi connectivity index (χ3v) is 3.77. The predicted molar refractivity (Wildman–Crippen MR) is 98.3 cm³/mol. The van der Waals surface area contributed by atoms with E-state index in [1.807, 2.05) is 0 Å². The molecule has 0 aliphatic rings. The first-order valence-corrected chi connectivity index (χ1v) is 8.19. The summed E-state index contributed by atoms with van der Waals surface area (Å²) in [7, 11) is 0. The van der Waals surface area contributed by atoms with Gasteiger partial charge in [0.05, 0.1) is 11.7 Å². The smallest absolute Gasteiger partial charge is 0.255 e. The van der Waals surface area contributed by atoms with E-state index in [1.54, 1.807) is 32.9 Å². The summed E-state index contributed by atoms with van der Waals surface area (Å²) < 4.78 is 0. The molecule has 0 unspecified atom stereocenters. The Bertz CT molecular complexity index is 855. The van der Waals surface area contributed by atoms with Gasteiger partial charge in [-0.05, 0) is 42.5 Å². The Morgan fingerprint density at radius 3 is 2.12 bits per heavy atom. The first-order valence-electron chi connectivity index (χ1n) is 7.81. The molecular formula is C19H18ClN2O4-. The monoisotopic (exact) mass is 373 g/mol. The van der Waals surface area contributed by atoms with Crippen LogP contribution in [0.3, 0.4) is 0 Å². The molecule has 0 radical (unpaired) electrons. The molecule has 2 N–H and O–H groups in total. The zero-order valence-electron chi connectivity index (χ0n) is 14.6. The van der Waals surface area contributed by atoms with Crippen LogP contribution in [0.4, 0.5) is 11.4 Å². The van der Waals surface area contributed by atoms with Crippen LogP contribution in [0.25, 0.3) is 0 Å². The first-order chi connectivity index (χ1) is 12.1. The molecule has 2 rings (SSSR count). The molecule has 0 aliphatic carbocycles. The number of rotatable bonds is 4. The highest BCUT2D eigenvalue weighted by molar-refractivity contribution is 6.31. The number of aromatic carboxylic acids is 1. The number of benzene rings is 2. The molecule has 26 heavy (non-hydrogen) atoms. The molecular weight excluding hydrogens is 356 g/mol. The summed E-state index contributed by atoms with van der Waals surface area (Å²) in [5.41, 5.74) is 0.191. The second-order valence-electron chi connectivity index (χ2n) is 6.71. The van der Waals surface area contributed by atoms with Crippen molar-refractivity contribution in [1.82, 2.24) is 0 Å². The highest BCUT2D eigenvalue weighted by Gasteiger charge is 2.21. The van der Waals surface area contributed by atoms with Gasteiger partial charge in [-0.2, -0.15) is 0 Å². The van der Waals surface area contributed by atoms with Crippen molar-refractivity contribution < 1.29 is 19.5 Å². The number of hydrogen-bond donors (Lipinski definition) is 2. The molecule has 0 heterocycles. The molecule has 0 saturated heterocycles. The molecule has 136 valence electrons. The summed E-state index contributed by atoms with van der Waals surface area (Å²) >= 11 is 5.85. The summed E-state index contributed by atoms with van der Waals surface area (Å²) in [6.07, 6.45) is 0. The van der Waals surface area contributed by atoms with Crippen LogP contribution in [0.1, 0.15) is 41.5 Å². The zero-order valence-corrected chi connectivity index (χ0v) is 15.3. The summed E-state index contributed by atoms with van der Waals surface area (Å²) in [6.45, 7) is 5.39. The predicted octanol–water partition coefficient (Wildman–Crippen LogP) is 2.94. The summed E-state index contributed by atoms with van der Waals surface area (Å²) in [5, 5.41) is 16.7. The maximum absolute atomic E-state index is 12.3. The molecule has 0 aliphatic heterocycles. The normalized spacial score (nSPS) is 10.9. The maximum atomic E-state index is 12.3. The average molecular weight is 374 g/mol. The molecule has 0 fully saturated rings. The van der Waals surface area contributed by atoms with Crippen molar-refractivity contribution in [2.75, 3.05) is 10.6 Å². The second kappa shape index (κ2) is 7.58. The van der Waals surface area contributed by atoms with Gasteiger partial charge in [0, 0.05) is 27.3 Å². The van der Waals surface area contributed by atoms with Gasteiger partial charge in [0.2, 0.25) is 5.91 Å². The van der Waals surface area contributed by atoms with Crippen molar-refractivity contribution in [1.29, 1.82) is 0 Å². The number of hydrogen-bond acceptors (Lipinski definition) is 4. The lowest BCUT2D eigenvalue weighted by atomic mass is 9.95. The lowest BCUT2D eigenvalue weighted by Crippen LogP contribution is -2.27. The van der Waals surface area contributed by atoms with Gasteiger partial charge in [-0.25, -0.2) is 0 Å². The number of nitrogens with one attached hydrogen (secondary N) is 2. The van der Waals surface area contributed by atoms with Gasteiger partial charge in [-0.15, -0.1) is 0 Å². The summed E-state index contributed by atoms with van der Waals surface area (Å²) in [5.74, 6) is -2.08. The molecule has 0 spiro atoms. The van der Waals surface area contributed by atoms with E-state index in [4.69, 9.17) is 11.6 Å². The molecule has 2 aromatic rings. The van der Waals surface area contributed by atoms with Gasteiger partial charge in [0.25, 0.3) is 5.91 Å². The number of carbonyl (C=O) groups excluding carboxylic acids is 3. The van der Waals surface area contributed by atoms with Crippen molar-refractivity contribution in [3.8, 4) is 0 Å². The van der Waals surface area contributed by atoms with E-state index in [9.17, 15) is 19.5 Å². The molecule has 7 heteroatoms. The van der Waals surface area contributed by atoms with E-state index in [0.717, 1.165) is 0 Å². The van der Waals surface area contributed by atoms with Crippen LogP contribution in [0.15, 0.2) is 42.5 Å². The van der Waals surface area contributed by atoms with E-state index in [1.165, 1.54) is 30.3 Å². The van der Waals surface area contributed by atoms with Crippen molar-refractivity contribution in [2.45, 2.75) is 20.8 Å². The van der Waals surface area contributed by atoms with Gasteiger partial charge >= 0.3 is 0 Å². The number of amides is 2. The fourth-order valence-electron chi connectivity index (χ4n) is 2.02. The Morgan fingerprint density at radius 1 is 0.962 bits per heavy atom. The van der Waals surface area contributed by atoms with Crippen molar-refractivity contribution in [3.05, 3.63) is 58.6 Å². The van der Waals surface area contributed by atoms with E-state index in [-0.39, 0.29) is 22.2 Å². The highest BCUT2D eigenvalue weighted by Crippen LogP contribution is 2.22. The van der Waals surface area contributed by atoms with Crippen LogP contribution < -0.4 is 15.7 Å². The van der Waals surface area contributed by atoms with Crippen LogP contribution in [0, 0.1) is 5.41 Å². The quantitative estimate of drug-likeness (QED) is 0.860. The van der Waals surface area contributed by atoms with Gasteiger partial charge in [0.15, 0.2) is 0 Å². The fourth-order valence-corrected chi connectivity index (χ4v) is 2.19. The molecule has 0 bridgehead atoms. The van der Waals surface area contributed by atoms with Crippen LogP contribution >= 0.6 is 11.6 Å². The van der Waals surface area contributed by atoms with Crippen LogP contribution in [-0.4, -0.2) is 17.8 Å². The number of halogens is 1. The van der Waals surface area contributed by atoms with Gasteiger partial charge in [-0.1, -0.05) is 32.4 Å².